The van der Waals surface area contributed by atoms with E-state index in [1.807, 2.05) is 46.2 Å². The lowest BCUT2D eigenvalue weighted by Gasteiger charge is -2.35. The van der Waals surface area contributed by atoms with Gasteiger partial charge in [0.05, 0.1) is 86.2 Å². The molecule has 6 aromatic rings. The Kier molecular flexibility index (Phi) is 16.0. The number of nitrogens with one attached hydrogen (secondary N) is 2. The Balaban J connectivity index is 0.000000182. The molecule has 10 rings (SSSR count). The van der Waals surface area contributed by atoms with Crippen LogP contribution < -0.4 is 30.7 Å². The van der Waals surface area contributed by atoms with E-state index in [1.165, 1.54) is 22.3 Å². The van der Waals surface area contributed by atoms with Crippen molar-refractivity contribution in [3.8, 4) is 12.1 Å². The fourth-order valence-electron chi connectivity index (χ4n) is 9.95. The Morgan fingerprint density at radius 1 is 0.581 bits per heavy atom. The maximum absolute atomic E-state index is 12.8. The highest BCUT2D eigenvalue weighted by Crippen LogP contribution is 2.39. The number of ether oxygens (including phenoxy) is 2. The Bertz CT molecular complexity index is 2930. The van der Waals surface area contributed by atoms with E-state index < -0.39 is 0 Å². The van der Waals surface area contributed by atoms with Crippen LogP contribution in [0.4, 0.5) is 23.0 Å². The van der Waals surface area contributed by atoms with Crippen LogP contribution in [0.1, 0.15) is 69.4 Å². The number of pyridine rings is 2. The van der Waals surface area contributed by atoms with E-state index in [4.69, 9.17) is 20.0 Å². The number of nitrogens with zero attached hydrogens (tertiary/aromatic N) is 12. The minimum absolute atomic E-state index is 0.0583. The molecule has 0 radical (unpaired) electrons. The molecule has 2 saturated heterocycles. The summed E-state index contributed by atoms with van der Waals surface area (Å²) in [7, 11) is 0. The molecule has 20 nitrogen and oxygen atoms in total. The number of benzene rings is 2. The summed E-state index contributed by atoms with van der Waals surface area (Å²) in [6.07, 6.45) is 7.14. The summed E-state index contributed by atoms with van der Waals surface area (Å²) in [5.74, 6) is 1.79. The number of piperazine rings is 2. The molecule has 0 unspecified atom stereocenters. The van der Waals surface area contributed by atoms with Crippen LogP contribution in [-0.2, 0) is 32.2 Å². The number of carbonyl (C=O) groups is 2. The van der Waals surface area contributed by atoms with Gasteiger partial charge in [-0.25, -0.2) is 20.2 Å². The van der Waals surface area contributed by atoms with Crippen LogP contribution in [0.3, 0.4) is 0 Å². The topological polar surface area (TPSA) is 237 Å². The number of amides is 2. The molecule has 2 amide bonds. The minimum Gasteiger partial charge on any atom is -0.378 e. The van der Waals surface area contributed by atoms with Crippen LogP contribution in [0.25, 0.3) is 0 Å². The van der Waals surface area contributed by atoms with Crippen molar-refractivity contribution in [3.05, 3.63) is 163 Å². The first kappa shape index (κ1) is 50.5. The van der Waals surface area contributed by atoms with Gasteiger partial charge in [0.15, 0.2) is 0 Å². The lowest BCUT2D eigenvalue weighted by Crippen LogP contribution is -2.49. The van der Waals surface area contributed by atoms with Crippen molar-refractivity contribution in [2.24, 2.45) is 0 Å². The molecule has 0 spiro atoms. The molecule has 8 heterocycles. The second-order valence-corrected chi connectivity index (χ2v) is 18.5. The standard InChI is InChI=1S/2C27H29N7O3/c2*1-19-23(16-30-31-27(19)36)34-17-21-4-2-3-5-22(21)24(34)18-37-13-8-26(35)33-11-9-32(10-12-33)25-7-6-20(14-28)15-29-25/h2*2-7,15-16,24H,8-13,17-18H2,1H3,(H,31,36)/t2*24-/m10/s1. The number of aromatic amines is 2. The molecule has 4 aromatic heterocycles. The monoisotopic (exact) mass is 998 g/mol. The van der Waals surface area contributed by atoms with Gasteiger partial charge in [-0.15, -0.1) is 0 Å². The van der Waals surface area contributed by atoms with E-state index in [2.05, 4.69) is 86.4 Å². The largest absolute Gasteiger partial charge is 0.378 e. The Morgan fingerprint density at radius 3 is 1.36 bits per heavy atom. The molecular formula is C54H58N14O6. The van der Waals surface area contributed by atoms with Gasteiger partial charge in [0.2, 0.25) is 11.8 Å². The van der Waals surface area contributed by atoms with Crippen LogP contribution in [0, 0.1) is 36.5 Å². The number of rotatable bonds is 14. The smallest absolute Gasteiger partial charge is 0.269 e. The molecule has 74 heavy (non-hydrogen) atoms. The number of hydrogen-bond acceptors (Lipinski definition) is 16. The second kappa shape index (κ2) is 23.4. The molecule has 0 aliphatic carbocycles. The first-order valence-corrected chi connectivity index (χ1v) is 24.8. The summed E-state index contributed by atoms with van der Waals surface area (Å²) >= 11 is 0. The van der Waals surface area contributed by atoms with Gasteiger partial charge in [-0.05, 0) is 60.4 Å². The summed E-state index contributed by atoms with van der Waals surface area (Å²) in [5, 5.41) is 30.9. The van der Waals surface area contributed by atoms with Crippen LogP contribution in [0.15, 0.2) is 107 Å². The van der Waals surface area contributed by atoms with E-state index in [0.29, 0.717) is 127 Å². The first-order chi connectivity index (χ1) is 36.1. The van der Waals surface area contributed by atoms with Crippen molar-refractivity contribution in [1.29, 1.82) is 10.5 Å². The molecule has 4 aliphatic heterocycles. The molecule has 4 aliphatic rings. The normalized spacial score (nSPS) is 17.0. The minimum atomic E-state index is -0.200. The van der Waals surface area contributed by atoms with Crippen molar-refractivity contribution < 1.29 is 19.1 Å². The molecule has 2 fully saturated rings. The maximum atomic E-state index is 12.8. The van der Waals surface area contributed by atoms with E-state index in [0.717, 1.165) is 23.0 Å². The molecular weight excluding hydrogens is 941 g/mol. The van der Waals surface area contributed by atoms with Gasteiger partial charge in [-0.1, -0.05) is 48.5 Å². The zero-order chi connectivity index (χ0) is 51.6. The number of fused-ring (bicyclic) bond motifs is 2. The number of carbonyl (C=O) groups excluding carboxylic acids is 2. The predicted molar refractivity (Wildman–Crippen MR) is 276 cm³/mol. The predicted octanol–water partition coefficient (Wildman–Crippen LogP) is 4.32. The summed E-state index contributed by atoms with van der Waals surface area (Å²) in [6, 6.07) is 27.7. The van der Waals surface area contributed by atoms with Crippen molar-refractivity contribution in [1.82, 2.24) is 40.2 Å². The Hall–Kier alpha value is -8.46. The van der Waals surface area contributed by atoms with Gasteiger partial charge in [-0.2, -0.15) is 20.7 Å². The van der Waals surface area contributed by atoms with Crippen LogP contribution in [-0.4, -0.2) is 131 Å². The van der Waals surface area contributed by atoms with Gasteiger partial charge >= 0.3 is 0 Å². The average Bonchev–Trinajstić information content (AvgIpc) is 4.01. The number of hydrogen-bond donors (Lipinski definition) is 2. The van der Waals surface area contributed by atoms with Crippen molar-refractivity contribution in [2.45, 2.75) is 51.9 Å². The average molecular weight is 999 g/mol. The van der Waals surface area contributed by atoms with Gasteiger partial charge in [0.1, 0.15) is 23.8 Å². The number of nitriles is 2. The van der Waals surface area contributed by atoms with E-state index >= 15 is 0 Å². The maximum Gasteiger partial charge on any atom is 0.269 e. The third kappa shape index (κ3) is 11.4. The summed E-state index contributed by atoms with van der Waals surface area (Å²) < 4.78 is 12.1. The lowest BCUT2D eigenvalue weighted by molar-refractivity contribution is -0.133. The van der Waals surface area contributed by atoms with Crippen LogP contribution in [0.5, 0.6) is 0 Å². The van der Waals surface area contributed by atoms with Crippen molar-refractivity contribution in [2.75, 3.05) is 98.4 Å². The fraction of sp³-hybridized carbons (Fsp3) is 0.370. The molecule has 2 aromatic carbocycles. The Morgan fingerprint density at radius 2 is 0.986 bits per heavy atom. The first-order valence-electron chi connectivity index (χ1n) is 24.8. The van der Waals surface area contributed by atoms with E-state index in [9.17, 15) is 19.2 Å². The third-order valence-corrected chi connectivity index (χ3v) is 14.2. The highest BCUT2D eigenvalue weighted by molar-refractivity contribution is 5.77. The number of H-pyrrole nitrogens is 2. The number of anilines is 4. The summed E-state index contributed by atoms with van der Waals surface area (Å²) in [6.45, 7) is 11.7. The Labute approximate surface area is 428 Å². The molecule has 20 heteroatoms. The van der Waals surface area contributed by atoms with Crippen molar-refractivity contribution >= 4 is 34.8 Å². The number of aromatic nitrogens is 6. The van der Waals surface area contributed by atoms with E-state index in [-0.39, 0.29) is 35.0 Å². The van der Waals surface area contributed by atoms with Crippen LogP contribution in [0.2, 0.25) is 0 Å². The second-order valence-electron chi connectivity index (χ2n) is 18.5. The summed E-state index contributed by atoms with van der Waals surface area (Å²) in [5.41, 5.74) is 8.22. The molecule has 2 N–H and O–H groups in total. The zero-order valence-electron chi connectivity index (χ0n) is 41.5. The van der Waals surface area contributed by atoms with Gasteiger partial charge in [0.25, 0.3) is 11.1 Å². The van der Waals surface area contributed by atoms with Crippen molar-refractivity contribution in [3.63, 3.8) is 0 Å². The van der Waals surface area contributed by atoms with E-state index in [1.54, 1.807) is 50.8 Å². The molecule has 380 valence electrons. The van der Waals surface area contributed by atoms with Gasteiger partial charge in [0, 0.05) is 89.0 Å². The zero-order valence-corrected chi connectivity index (χ0v) is 41.5. The molecule has 0 bridgehead atoms. The SMILES string of the molecule is Cc1c(N2Cc3ccccc3[C@@H]2COCCC(=O)N2CCN(c3ccc(C#N)cn3)CC2)cn[nH]c1=O.Cc1c(N2Cc3ccccc3[C@H]2COCCC(=O)N2CCN(c3ccc(C#N)cn3)CC2)cn[nH]c1=O. The third-order valence-electron chi connectivity index (χ3n) is 14.2. The highest BCUT2D eigenvalue weighted by Gasteiger charge is 2.34. The van der Waals surface area contributed by atoms with Gasteiger partial charge < -0.3 is 38.9 Å². The highest BCUT2D eigenvalue weighted by atomic mass is 16.5. The van der Waals surface area contributed by atoms with Crippen LogP contribution >= 0.6 is 0 Å². The summed E-state index contributed by atoms with van der Waals surface area (Å²) in [4.78, 5) is 70.9. The quantitative estimate of drug-likeness (QED) is 0.145. The molecule has 0 saturated carbocycles. The van der Waals surface area contributed by atoms with Gasteiger partial charge in [-0.3, -0.25) is 19.2 Å². The molecule has 2 atom stereocenters. The lowest BCUT2D eigenvalue weighted by atomic mass is 10.1. The fourth-order valence-corrected chi connectivity index (χ4v) is 9.95.